The quantitative estimate of drug-likeness (QED) is 0.0827. The van der Waals surface area contributed by atoms with Crippen LogP contribution >= 0.6 is 0 Å². The standard InChI is InChI=1S/C10H9F3O2.C8H5F3O3.C7H11N5O2.C4H4O.C3H6N4O.CH5N.2CH4/c1-2-5(14)8-6-3-4-7(15-6)9(8)10(11,12)13;9-8(10,11)6-4-2-1-3(14-4)5(6)7(12)13;1-4-6(7(8)14)10-11-12(4)3-5(13)9-2;1-2-4-5-3-1;1-5-3(8)2-6-7-4;1-2;;/h3-4,6-7H,2H2,1H3;1-4H,(H,12,13);3H2,1-2H3,(H2,8,14)(H,9,13);1-4H;2H2,1H3,(H,5,8);2H2,1H3;2*1H4. The minimum Gasteiger partial charge on any atom is -0.478 e. The smallest absolute Gasteiger partial charge is 0.416 e. The average Bonchev–Trinajstić information content (AvgIpc) is 4.05. The van der Waals surface area contributed by atoms with E-state index in [9.17, 15) is 50.3 Å². The zero-order chi connectivity index (χ0) is 44.4. The molecule has 0 fully saturated rings. The number of azide groups is 1. The Morgan fingerprint density at radius 3 is 1.65 bits per heavy atom. The van der Waals surface area contributed by atoms with E-state index in [1.165, 1.54) is 50.1 Å². The molecule has 3 amide bonds. The van der Waals surface area contributed by atoms with Crippen LogP contribution in [0.1, 0.15) is 44.4 Å². The molecule has 4 atom stereocenters. The maximum absolute atomic E-state index is 12.6. The van der Waals surface area contributed by atoms with Gasteiger partial charge >= 0.3 is 18.3 Å². The third kappa shape index (κ3) is 15.8. The number of furan rings is 1. The number of alkyl halides is 6. The number of carbonyl (C=O) groups is 5. The molecule has 0 aromatic carbocycles. The van der Waals surface area contributed by atoms with Crippen molar-refractivity contribution in [3.05, 3.63) is 93.1 Å². The predicted octanol–water partition coefficient (Wildman–Crippen LogP) is 4.03. The number of ether oxygens (including phenoxy) is 2. The van der Waals surface area contributed by atoms with Gasteiger partial charge in [-0.15, -0.1) is 5.10 Å². The molecule has 7 N–H and O–H groups in total. The number of nitrogens with two attached hydrogens (primary N) is 2. The summed E-state index contributed by atoms with van der Waals surface area (Å²) in [6, 6.07) is 3.67. The molecule has 0 spiro atoms. The molecule has 6 rings (SSSR count). The summed E-state index contributed by atoms with van der Waals surface area (Å²) in [5.74, 6) is -3.20. The number of carboxylic acid groups (broad SMARTS) is 1. The number of Topliss-reactive ketones (excluding diaryl/α,β-unsaturated/α-hetero) is 1. The number of nitrogens with one attached hydrogen (secondary N) is 2. The van der Waals surface area contributed by atoms with E-state index in [1.807, 2.05) is 12.1 Å². The van der Waals surface area contributed by atoms with E-state index in [0.29, 0.717) is 5.69 Å². The summed E-state index contributed by atoms with van der Waals surface area (Å²) in [6.45, 7) is 3.08. The van der Waals surface area contributed by atoms with Crippen molar-refractivity contribution in [2.24, 2.45) is 16.6 Å². The van der Waals surface area contributed by atoms with Gasteiger partial charge in [0.05, 0.1) is 34.9 Å². The summed E-state index contributed by atoms with van der Waals surface area (Å²) >= 11 is 0. The third-order valence-corrected chi connectivity index (χ3v) is 7.46. The van der Waals surface area contributed by atoms with Crippen molar-refractivity contribution < 1.29 is 69.3 Å². The second-order valence-corrected chi connectivity index (χ2v) is 11.0. The zero-order valence-electron chi connectivity index (χ0n) is 31.4. The van der Waals surface area contributed by atoms with Crippen molar-refractivity contribution >= 4 is 29.5 Å². The number of amides is 3. The number of primary amides is 1. The van der Waals surface area contributed by atoms with Crippen LogP contribution in [0.2, 0.25) is 0 Å². The SMILES string of the molecule is C.C.CCC(=O)C1=C(C(F)(F)F)C2C=CC1O2.CN.CNC(=O)CN=[N+]=[N-].CNC(=O)Cn1nnc(C(N)=O)c1C.O=C(O)C1=C(C(F)(F)F)C2C=CC1O2.c1ccoc1. The van der Waals surface area contributed by atoms with Crippen LogP contribution < -0.4 is 22.1 Å². The summed E-state index contributed by atoms with van der Waals surface area (Å²) in [6.07, 6.45) is -4.58. The van der Waals surface area contributed by atoms with Gasteiger partial charge in [0.1, 0.15) is 37.5 Å². The number of rotatable bonds is 8. The van der Waals surface area contributed by atoms with Crippen LogP contribution in [-0.4, -0.2) is 114 Å². The van der Waals surface area contributed by atoms with Crippen molar-refractivity contribution in [3.63, 3.8) is 0 Å². The number of carboxylic acids is 1. The number of aliphatic carboxylic acids is 1. The molecular weight excluding hydrogens is 818 g/mol. The minimum atomic E-state index is -4.64. The number of halogens is 6. The normalized spacial score (nSPS) is 18.3. The molecule has 6 heterocycles. The Kier molecular flexibility index (Phi) is 24.1. The fourth-order valence-corrected chi connectivity index (χ4v) is 4.89. The van der Waals surface area contributed by atoms with Crippen LogP contribution in [0.25, 0.3) is 10.4 Å². The minimum absolute atomic E-state index is 0. The van der Waals surface area contributed by atoms with Crippen molar-refractivity contribution in [2.75, 3.05) is 27.7 Å². The van der Waals surface area contributed by atoms with Gasteiger partial charge in [0, 0.05) is 31.0 Å². The lowest BCUT2D eigenvalue weighted by molar-refractivity contribution is -0.134. The zero-order valence-corrected chi connectivity index (χ0v) is 31.4. The van der Waals surface area contributed by atoms with Gasteiger partial charge in [-0.3, -0.25) is 19.2 Å². The van der Waals surface area contributed by atoms with Crippen LogP contribution in [0.3, 0.4) is 0 Å². The fourth-order valence-electron chi connectivity index (χ4n) is 4.89. The number of hydrogen-bond acceptors (Lipinski definition) is 12. The van der Waals surface area contributed by atoms with E-state index in [-0.39, 0.29) is 57.4 Å². The monoisotopic (exact) mass is 866 g/mol. The Morgan fingerprint density at radius 2 is 1.32 bits per heavy atom. The molecule has 19 nitrogen and oxygen atoms in total. The van der Waals surface area contributed by atoms with Gasteiger partial charge in [0.15, 0.2) is 11.5 Å². The molecule has 4 unspecified atom stereocenters. The highest BCUT2D eigenvalue weighted by Gasteiger charge is 2.52. The average molecular weight is 867 g/mol. The second-order valence-electron chi connectivity index (χ2n) is 11.0. The Bertz CT molecular complexity index is 1900. The molecule has 0 saturated carbocycles. The lowest BCUT2D eigenvalue weighted by atomic mass is 9.92. The number of ketones is 1. The van der Waals surface area contributed by atoms with E-state index in [1.54, 1.807) is 26.4 Å². The van der Waals surface area contributed by atoms with Crippen LogP contribution in [0.5, 0.6) is 0 Å². The highest BCUT2D eigenvalue weighted by atomic mass is 19.4. The molecular formula is C35H48F6N10O9. The van der Waals surface area contributed by atoms with E-state index in [4.69, 9.17) is 25.8 Å². The number of carbonyl (C=O) groups excluding carboxylic acids is 4. The molecule has 2 aromatic heterocycles. The highest BCUT2D eigenvalue weighted by Crippen LogP contribution is 2.44. The largest absolute Gasteiger partial charge is 0.478 e. The van der Waals surface area contributed by atoms with Gasteiger partial charge in [-0.25, -0.2) is 9.48 Å². The van der Waals surface area contributed by atoms with Crippen molar-refractivity contribution in [1.82, 2.24) is 25.6 Å². The van der Waals surface area contributed by atoms with Crippen molar-refractivity contribution in [3.8, 4) is 0 Å². The Labute approximate surface area is 340 Å². The van der Waals surface area contributed by atoms with Crippen molar-refractivity contribution in [1.29, 1.82) is 0 Å². The first-order chi connectivity index (χ1) is 27.2. The van der Waals surface area contributed by atoms with E-state index < -0.39 is 71.1 Å². The maximum Gasteiger partial charge on any atom is 0.416 e. The topological polar surface area (TPSA) is 293 Å². The Balaban J connectivity index is 0. The molecule has 0 aliphatic carbocycles. The van der Waals surface area contributed by atoms with Crippen molar-refractivity contribution in [2.45, 2.75) is 78.4 Å². The van der Waals surface area contributed by atoms with Gasteiger partial charge in [0.25, 0.3) is 5.91 Å². The lowest BCUT2D eigenvalue weighted by Crippen LogP contribution is -2.24. The first kappa shape index (κ1) is 55.8. The van der Waals surface area contributed by atoms with Crippen LogP contribution in [0.4, 0.5) is 26.3 Å². The summed E-state index contributed by atoms with van der Waals surface area (Å²) in [4.78, 5) is 56.3. The predicted molar refractivity (Wildman–Crippen MR) is 202 cm³/mol. The summed E-state index contributed by atoms with van der Waals surface area (Å²) in [7, 11) is 4.50. The third-order valence-electron chi connectivity index (χ3n) is 7.46. The molecule has 4 aliphatic rings. The van der Waals surface area contributed by atoms with Gasteiger partial charge in [0.2, 0.25) is 11.8 Å². The number of hydrogen-bond donors (Lipinski definition) is 5. The van der Waals surface area contributed by atoms with Crippen LogP contribution in [0.15, 0.2) is 80.8 Å². The molecule has 4 bridgehead atoms. The lowest BCUT2D eigenvalue weighted by Gasteiger charge is -2.14. The van der Waals surface area contributed by atoms with Crippen LogP contribution in [0, 0.1) is 6.92 Å². The van der Waals surface area contributed by atoms with E-state index in [0.717, 1.165) is 0 Å². The second kappa shape index (κ2) is 25.9. The number of nitrogens with zero attached hydrogens (tertiary/aromatic N) is 6. The molecule has 0 radical (unpaired) electrons. The maximum atomic E-state index is 12.6. The molecule has 60 heavy (non-hydrogen) atoms. The molecule has 334 valence electrons. The number of aromatic nitrogens is 3. The van der Waals surface area contributed by atoms with E-state index in [2.05, 4.69) is 41.1 Å². The molecule has 0 saturated heterocycles. The Morgan fingerprint density at radius 1 is 0.867 bits per heavy atom. The summed E-state index contributed by atoms with van der Waals surface area (Å²) in [5.41, 5.74) is 15.0. The molecule has 2 aromatic rings. The van der Waals surface area contributed by atoms with Gasteiger partial charge in [-0.2, -0.15) is 26.3 Å². The fraction of sp³-hybridized carbons (Fsp3) is 0.457. The van der Waals surface area contributed by atoms with Gasteiger partial charge in [-0.05, 0) is 31.6 Å². The van der Waals surface area contributed by atoms with Gasteiger partial charge in [-0.1, -0.05) is 56.4 Å². The van der Waals surface area contributed by atoms with Gasteiger partial charge < -0.3 is 41.1 Å². The number of fused-ring (bicyclic) bond motifs is 4. The summed E-state index contributed by atoms with van der Waals surface area (Å²) < 4.78 is 90.8. The van der Waals surface area contributed by atoms with E-state index >= 15 is 0 Å². The number of likely N-dealkylation sites (N-methyl/N-ethyl adjacent to an activating group) is 2. The van der Waals surface area contributed by atoms with Crippen LogP contribution in [-0.2, 0) is 35.2 Å². The first-order valence-electron chi connectivity index (χ1n) is 16.5. The first-order valence-corrected chi connectivity index (χ1v) is 16.5. The molecule has 4 aliphatic heterocycles. The summed E-state index contributed by atoms with van der Waals surface area (Å²) in [5, 5.41) is 23.5. The Hall–Kier alpha value is -6.30. The molecule has 25 heteroatoms. The highest BCUT2D eigenvalue weighted by molar-refractivity contribution is 5.98.